The molecule has 6 nitrogen and oxygen atoms in total. The number of piperidine rings is 2. The third-order valence-electron chi connectivity index (χ3n) is 6.71. The average Bonchev–Trinajstić information content (AvgIpc) is 2.75. The van der Waals surface area contributed by atoms with Crippen LogP contribution in [-0.2, 0) is 0 Å². The summed E-state index contributed by atoms with van der Waals surface area (Å²) in [5, 5.41) is 13.9. The number of carbonyl (C=O) groups excluding carboxylic acids is 1. The van der Waals surface area contributed by atoms with Crippen molar-refractivity contribution in [3.8, 4) is 0 Å². The van der Waals surface area contributed by atoms with Gasteiger partial charge in [-0.3, -0.25) is 9.69 Å². The molecule has 1 aliphatic carbocycles. The van der Waals surface area contributed by atoms with Crippen molar-refractivity contribution in [3.05, 3.63) is 23.9 Å². The Morgan fingerprint density at radius 2 is 1.75 bits per heavy atom. The quantitative estimate of drug-likeness (QED) is 0.833. The highest BCUT2D eigenvalue weighted by Gasteiger charge is 2.32. The molecule has 2 aliphatic heterocycles. The number of aromatic nitrogens is 1. The Bertz CT molecular complexity index is 654. The van der Waals surface area contributed by atoms with Gasteiger partial charge in [-0.25, -0.2) is 4.98 Å². The third-order valence-corrected chi connectivity index (χ3v) is 6.71. The molecule has 1 aromatic rings. The van der Waals surface area contributed by atoms with Crippen molar-refractivity contribution in [2.45, 2.75) is 76.0 Å². The van der Waals surface area contributed by atoms with E-state index >= 15 is 0 Å². The molecular weight excluding hydrogens is 352 g/mol. The molecule has 2 saturated heterocycles. The third kappa shape index (κ3) is 4.49. The van der Waals surface area contributed by atoms with Crippen LogP contribution in [0.1, 0.15) is 68.1 Å². The SMILES string of the molecule is O=C(c1cccnc1NC1CCN(C2CCCCC2O)CC1)N1CCCCC1. The predicted octanol–water partition coefficient (Wildman–Crippen LogP) is 2.89. The van der Waals surface area contributed by atoms with Gasteiger partial charge in [0.15, 0.2) is 0 Å². The summed E-state index contributed by atoms with van der Waals surface area (Å²) in [7, 11) is 0. The van der Waals surface area contributed by atoms with E-state index in [2.05, 4.69) is 15.2 Å². The van der Waals surface area contributed by atoms with Crippen LogP contribution in [0.2, 0.25) is 0 Å². The van der Waals surface area contributed by atoms with Crippen molar-refractivity contribution in [2.75, 3.05) is 31.5 Å². The molecule has 1 aromatic heterocycles. The molecule has 0 radical (unpaired) electrons. The Morgan fingerprint density at radius 1 is 1.00 bits per heavy atom. The Hall–Kier alpha value is -1.66. The van der Waals surface area contributed by atoms with Crippen LogP contribution in [0.5, 0.6) is 0 Å². The first kappa shape index (κ1) is 19.6. The second-order valence-electron chi connectivity index (χ2n) is 8.63. The lowest BCUT2D eigenvalue weighted by Gasteiger charge is -2.41. The van der Waals surface area contributed by atoms with E-state index in [0.29, 0.717) is 17.6 Å². The number of pyridine rings is 1. The Labute approximate surface area is 168 Å². The molecule has 28 heavy (non-hydrogen) atoms. The first-order chi connectivity index (χ1) is 13.7. The number of aliphatic hydroxyl groups is 1. The zero-order chi connectivity index (χ0) is 19.3. The summed E-state index contributed by atoms with van der Waals surface area (Å²) in [6.45, 7) is 3.72. The number of hydrogen-bond donors (Lipinski definition) is 2. The predicted molar refractivity (Wildman–Crippen MR) is 110 cm³/mol. The van der Waals surface area contributed by atoms with Crippen LogP contribution in [0.15, 0.2) is 18.3 Å². The molecule has 2 N–H and O–H groups in total. The maximum atomic E-state index is 13.0. The van der Waals surface area contributed by atoms with E-state index in [9.17, 15) is 9.90 Å². The van der Waals surface area contributed by atoms with Crippen molar-refractivity contribution in [1.29, 1.82) is 0 Å². The monoisotopic (exact) mass is 386 g/mol. The van der Waals surface area contributed by atoms with Crippen molar-refractivity contribution in [2.24, 2.45) is 0 Å². The molecular formula is C22H34N4O2. The number of hydrogen-bond acceptors (Lipinski definition) is 5. The minimum absolute atomic E-state index is 0.109. The van der Waals surface area contributed by atoms with Crippen molar-refractivity contribution in [3.63, 3.8) is 0 Å². The zero-order valence-electron chi connectivity index (χ0n) is 16.9. The highest BCUT2D eigenvalue weighted by molar-refractivity contribution is 5.98. The maximum absolute atomic E-state index is 13.0. The molecule has 4 rings (SSSR count). The fourth-order valence-corrected chi connectivity index (χ4v) is 5.05. The molecule has 154 valence electrons. The van der Waals surface area contributed by atoms with Gasteiger partial charge in [-0.2, -0.15) is 0 Å². The van der Waals surface area contributed by atoms with E-state index in [-0.39, 0.29) is 12.0 Å². The van der Waals surface area contributed by atoms with Gasteiger partial charge in [0.1, 0.15) is 5.82 Å². The van der Waals surface area contributed by atoms with Crippen LogP contribution in [0.3, 0.4) is 0 Å². The molecule has 3 aliphatic rings. The van der Waals surface area contributed by atoms with Crippen LogP contribution in [0, 0.1) is 0 Å². The Kier molecular flexibility index (Phi) is 6.47. The van der Waals surface area contributed by atoms with Crippen LogP contribution in [0.25, 0.3) is 0 Å². The summed E-state index contributed by atoms with van der Waals surface area (Å²) in [4.78, 5) is 21.9. The lowest BCUT2D eigenvalue weighted by molar-refractivity contribution is 0.00991. The molecule has 3 heterocycles. The van der Waals surface area contributed by atoms with Crippen molar-refractivity contribution >= 4 is 11.7 Å². The molecule has 1 amide bonds. The van der Waals surface area contributed by atoms with Gasteiger partial charge >= 0.3 is 0 Å². The minimum atomic E-state index is -0.164. The number of carbonyl (C=O) groups is 1. The van der Waals surface area contributed by atoms with Crippen molar-refractivity contribution in [1.82, 2.24) is 14.8 Å². The summed E-state index contributed by atoms with van der Waals surface area (Å²) < 4.78 is 0. The molecule has 0 aromatic carbocycles. The number of anilines is 1. The zero-order valence-corrected chi connectivity index (χ0v) is 16.9. The molecule has 2 atom stereocenters. The number of amides is 1. The van der Waals surface area contributed by atoms with Crippen LogP contribution < -0.4 is 5.32 Å². The smallest absolute Gasteiger partial charge is 0.257 e. The highest BCUT2D eigenvalue weighted by Crippen LogP contribution is 2.27. The summed E-state index contributed by atoms with van der Waals surface area (Å²) in [5.74, 6) is 0.840. The van der Waals surface area contributed by atoms with Crippen LogP contribution in [-0.4, -0.2) is 70.2 Å². The standard InChI is InChI=1S/C22H34N4O2/c27-20-9-3-2-8-19(20)25-15-10-17(11-16-25)24-21-18(7-6-12-23-21)22(28)26-13-4-1-5-14-26/h6-7,12,17,19-20,27H,1-5,8-11,13-16H2,(H,23,24). The second kappa shape index (κ2) is 9.23. The first-order valence-corrected chi connectivity index (χ1v) is 11.2. The van der Waals surface area contributed by atoms with Gasteiger partial charge in [-0.1, -0.05) is 12.8 Å². The van der Waals surface area contributed by atoms with Gasteiger partial charge < -0.3 is 15.3 Å². The number of nitrogens with one attached hydrogen (secondary N) is 1. The fraction of sp³-hybridized carbons (Fsp3) is 0.727. The van der Waals surface area contributed by atoms with E-state index < -0.39 is 0 Å². The lowest BCUT2D eigenvalue weighted by Crippen LogP contribution is -2.50. The van der Waals surface area contributed by atoms with Gasteiger partial charge in [0, 0.05) is 44.5 Å². The molecule has 3 fully saturated rings. The van der Waals surface area contributed by atoms with Gasteiger partial charge in [0.05, 0.1) is 11.7 Å². The lowest BCUT2D eigenvalue weighted by atomic mass is 9.89. The van der Waals surface area contributed by atoms with E-state index in [1.807, 2.05) is 17.0 Å². The van der Waals surface area contributed by atoms with E-state index in [1.165, 1.54) is 12.8 Å². The number of aliphatic hydroxyl groups excluding tert-OH is 1. The molecule has 1 saturated carbocycles. The Balaban J connectivity index is 1.36. The summed E-state index contributed by atoms with van der Waals surface area (Å²) in [6, 6.07) is 4.43. The number of rotatable bonds is 4. The van der Waals surface area contributed by atoms with E-state index in [1.54, 1.807) is 6.20 Å². The molecule has 6 heteroatoms. The van der Waals surface area contributed by atoms with E-state index in [0.717, 1.165) is 76.9 Å². The summed E-state index contributed by atoms with van der Waals surface area (Å²) >= 11 is 0. The van der Waals surface area contributed by atoms with Crippen LogP contribution >= 0.6 is 0 Å². The van der Waals surface area contributed by atoms with Crippen molar-refractivity contribution < 1.29 is 9.90 Å². The number of nitrogens with zero attached hydrogens (tertiary/aromatic N) is 3. The summed E-state index contributed by atoms with van der Waals surface area (Å²) in [5.41, 5.74) is 0.703. The number of likely N-dealkylation sites (tertiary alicyclic amines) is 2. The second-order valence-corrected chi connectivity index (χ2v) is 8.63. The maximum Gasteiger partial charge on any atom is 0.257 e. The van der Waals surface area contributed by atoms with Gasteiger partial charge in [-0.05, 0) is 57.1 Å². The summed E-state index contributed by atoms with van der Waals surface area (Å²) in [6.07, 6.45) is 11.5. The van der Waals surface area contributed by atoms with Gasteiger partial charge in [0.25, 0.3) is 5.91 Å². The minimum Gasteiger partial charge on any atom is -0.391 e. The van der Waals surface area contributed by atoms with Gasteiger partial charge in [-0.15, -0.1) is 0 Å². The topological polar surface area (TPSA) is 68.7 Å². The molecule has 0 spiro atoms. The largest absolute Gasteiger partial charge is 0.391 e. The highest BCUT2D eigenvalue weighted by atomic mass is 16.3. The van der Waals surface area contributed by atoms with Gasteiger partial charge in [0.2, 0.25) is 0 Å². The fourth-order valence-electron chi connectivity index (χ4n) is 5.05. The first-order valence-electron chi connectivity index (χ1n) is 11.2. The molecule has 0 bridgehead atoms. The normalized spacial score (nSPS) is 27.5. The van der Waals surface area contributed by atoms with Crippen LogP contribution in [0.4, 0.5) is 5.82 Å². The van der Waals surface area contributed by atoms with E-state index in [4.69, 9.17) is 0 Å². The Morgan fingerprint density at radius 3 is 2.50 bits per heavy atom. The average molecular weight is 387 g/mol. The molecule has 2 unspecified atom stereocenters.